The first-order valence-corrected chi connectivity index (χ1v) is 13.3. The molecule has 0 radical (unpaired) electrons. The Kier molecular flexibility index (Phi) is 7.81. The van der Waals surface area contributed by atoms with E-state index in [1.54, 1.807) is 34.4 Å². The van der Waals surface area contributed by atoms with Gasteiger partial charge in [-0.3, -0.25) is 9.59 Å². The van der Waals surface area contributed by atoms with Gasteiger partial charge in [-0.2, -0.15) is 0 Å². The van der Waals surface area contributed by atoms with Crippen LogP contribution in [0.15, 0.2) is 60.0 Å². The van der Waals surface area contributed by atoms with Gasteiger partial charge < -0.3 is 19.3 Å². The molecule has 0 saturated carbocycles. The standard InChI is InChI=1S/C28H28F2N2O4S/c29-19-7-9-20(10-8-19)36-18-25-23-12-15-37-26(23)11-13-32(25)27(33)17-31(16-21-4-3-14-35-21)28(34)22-5-1-2-6-24(22)30/h1-2,5-10,12,15,21,25H,3-4,11,13-14,16-18H2/t21-,25-/m1/s1. The molecule has 3 aromatic rings. The van der Waals surface area contributed by atoms with Crippen LogP contribution in [0.3, 0.4) is 0 Å². The zero-order chi connectivity index (χ0) is 25.8. The number of fused-ring (bicyclic) bond motifs is 1. The van der Waals surface area contributed by atoms with E-state index in [1.807, 2.05) is 11.4 Å². The van der Waals surface area contributed by atoms with Crippen LogP contribution in [0.5, 0.6) is 5.75 Å². The quantitative estimate of drug-likeness (QED) is 0.421. The number of amides is 2. The van der Waals surface area contributed by atoms with Gasteiger partial charge >= 0.3 is 0 Å². The minimum Gasteiger partial charge on any atom is -0.491 e. The highest BCUT2D eigenvalue weighted by Crippen LogP contribution is 2.34. The molecule has 0 aliphatic carbocycles. The molecule has 1 saturated heterocycles. The fourth-order valence-corrected chi connectivity index (χ4v) is 5.82. The van der Waals surface area contributed by atoms with Crippen LogP contribution >= 0.6 is 11.3 Å². The van der Waals surface area contributed by atoms with E-state index in [4.69, 9.17) is 9.47 Å². The summed E-state index contributed by atoms with van der Waals surface area (Å²) in [5.41, 5.74) is 0.945. The van der Waals surface area contributed by atoms with Crippen molar-refractivity contribution in [3.05, 3.63) is 87.6 Å². The van der Waals surface area contributed by atoms with Crippen LogP contribution in [0.1, 0.15) is 39.7 Å². The van der Waals surface area contributed by atoms with Crippen molar-refractivity contribution in [2.75, 3.05) is 32.8 Å². The first kappa shape index (κ1) is 25.4. The number of thiophene rings is 1. The zero-order valence-electron chi connectivity index (χ0n) is 20.3. The number of carbonyl (C=O) groups excluding carboxylic acids is 2. The van der Waals surface area contributed by atoms with Crippen LogP contribution in [0.4, 0.5) is 8.78 Å². The summed E-state index contributed by atoms with van der Waals surface area (Å²) < 4.78 is 39.5. The van der Waals surface area contributed by atoms with E-state index < -0.39 is 11.7 Å². The van der Waals surface area contributed by atoms with Gasteiger partial charge in [0.1, 0.15) is 30.5 Å². The summed E-state index contributed by atoms with van der Waals surface area (Å²) in [6.45, 7) is 1.29. The van der Waals surface area contributed by atoms with Gasteiger partial charge in [-0.25, -0.2) is 8.78 Å². The average Bonchev–Trinajstić information content (AvgIpc) is 3.60. The van der Waals surface area contributed by atoms with Crippen LogP contribution in [0, 0.1) is 11.6 Å². The molecule has 1 aromatic heterocycles. The van der Waals surface area contributed by atoms with Crippen LogP contribution in [0.2, 0.25) is 0 Å². The number of rotatable bonds is 8. The Hall–Kier alpha value is -3.30. The van der Waals surface area contributed by atoms with Gasteiger partial charge in [0, 0.05) is 24.6 Å². The van der Waals surface area contributed by atoms with Crippen LogP contribution < -0.4 is 4.74 Å². The van der Waals surface area contributed by atoms with Crippen LogP contribution in [-0.4, -0.2) is 60.6 Å². The number of carbonyl (C=O) groups is 2. The lowest BCUT2D eigenvalue weighted by Crippen LogP contribution is -2.49. The van der Waals surface area contributed by atoms with Gasteiger partial charge in [-0.1, -0.05) is 12.1 Å². The molecule has 0 spiro atoms. The second kappa shape index (κ2) is 11.4. The van der Waals surface area contributed by atoms with Gasteiger partial charge in [0.15, 0.2) is 0 Å². The Morgan fingerprint density at radius 1 is 1.11 bits per heavy atom. The first-order chi connectivity index (χ1) is 18.0. The number of ether oxygens (including phenoxy) is 2. The third-order valence-corrected chi connectivity index (χ3v) is 7.80. The van der Waals surface area contributed by atoms with Crippen molar-refractivity contribution in [2.45, 2.75) is 31.4 Å². The highest BCUT2D eigenvalue weighted by atomic mass is 32.1. The highest BCUT2D eigenvalue weighted by molar-refractivity contribution is 7.10. The van der Waals surface area contributed by atoms with Gasteiger partial charge in [-0.05, 0) is 72.7 Å². The molecule has 3 heterocycles. The smallest absolute Gasteiger partial charge is 0.257 e. The lowest BCUT2D eigenvalue weighted by atomic mass is 10.00. The van der Waals surface area contributed by atoms with E-state index in [0.29, 0.717) is 25.3 Å². The molecule has 6 nitrogen and oxygen atoms in total. The Bertz CT molecular complexity index is 1240. The highest BCUT2D eigenvalue weighted by Gasteiger charge is 2.35. The SMILES string of the molecule is O=C(c1ccccc1F)N(CC(=O)N1CCc2sccc2[C@H]1COc1ccc(F)cc1)C[C@H]1CCCO1. The van der Waals surface area contributed by atoms with Crippen molar-refractivity contribution in [1.82, 2.24) is 9.80 Å². The molecule has 0 unspecified atom stereocenters. The molecule has 5 rings (SSSR count). The molecule has 2 aliphatic rings. The molecule has 9 heteroatoms. The van der Waals surface area contributed by atoms with Gasteiger partial charge in [0.25, 0.3) is 5.91 Å². The van der Waals surface area contributed by atoms with Crippen molar-refractivity contribution in [3.8, 4) is 5.75 Å². The molecule has 2 amide bonds. The second-order valence-electron chi connectivity index (χ2n) is 9.22. The molecule has 0 bridgehead atoms. The molecular weight excluding hydrogens is 498 g/mol. The average molecular weight is 527 g/mol. The van der Waals surface area contributed by atoms with Crippen molar-refractivity contribution in [2.24, 2.45) is 0 Å². The summed E-state index contributed by atoms with van der Waals surface area (Å²) in [5.74, 6) is -1.25. The van der Waals surface area contributed by atoms with Gasteiger partial charge in [0.2, 0.25) is 5.91 Å². The molecule has 2 atom stereocenters. The van der Waals surface area contributed by atoms with Crippen molar-refractivity contribution in [3.63, 3.8) is 0 Å². The van der Waals surface area contributed by atoms with Gasteiger partial charge in [-0.15, -0.1) is 11.3 Å². The fraction of sp³-hybridized carbons (Fsp3) is 0.357. The van der Waals surface area contributed by atoms with E-state index in [-0.39, 0.29) is 49.1 Å². The summed E-state index contributed by atoms with van der Waals surface area (Å²) in [6, 6.07) is 13.2. The van der Waals surface area contributed by atoms with E-state index >= 15 is 0 Å². The molecular formula is C28H28F2N2O4S. The third kappa shape index (κ3) is 5.83. The number of halogens is 2. The lowest BCUT2D eigenvalue weighted by molar-refractivity contribution is -0.135. The summed E-state index contributed by atoms with van der Waals surface area (Å²) >= 11 is 1.64. The number of benzene rings is 2. The summed E-state index contributed by atoms with van der Waals surface area (Å²) in [7, 11) is 0. The van der Waals surface area contributed by atoms with Crippen molar-refractivity contribution in [1.29, 1.82) is 0 Å². The van der Waals surface area contributed by atoms with Gasteiger partial charge in [0.05, 0.1) is 17.7 Å². The third-order valence-electron chi connectivity index (χ3n) is 6.80. The Balaban J connectivity index is 1.36. The van der Waals surface area contributed by atoms with E-state index in [2.05, 4.69) is 0 Å². The van der Waals surface area contributed by atoms with Crippen LogP contribution in [0.25, 0.3) is 0 Å². The number of hydrogen-bond acceptors (Lipinski definition) is 5. The Morgan fingerprint density at radius 2 is 1.92 bits per heavy atom. The van der Waals surface area contributed by atoms with E-state index in [1.165, 1.54) is 40.1 Å². The van der Waals surface area contributed by atoms with Crippen molar-refractivity contribution < 1.29 is 27.8 Å². The minimum atomic E-state index is -0.622. The number of hydrogen-bond donors (Lipinski definition) is 0. The van der Waals surface area contributed by atoms with E-state index in [9.17, 15) is 18.4 Å². The Labute approximate surface area is 218 Å². The zero-order valence-corrected chi connectivity index (χ0v) is 21.1. The van der Waals surface area contributed by atoms with Crippen molar-refractivity contribution >= 4 is 23.2 Å². The summed E-state index contributed by atoms with van der Waals surface area (Å²) in [6.07, 6.45) is 2.19. The maximum absolute atomic E-state index is 14.5. The summed E-state index contributed by atoms with van der Waals surface area (Å²) in [5, 5.41) is 2.00. The largest absolute Gasteiger partial charge is 0.491 e. The van der Waals surface area contributed by atoms with E-state index in [0.717, 1.165) is 18.4 Å². The maximum atomic E-state index is 14.5. The predicted molar refractivity (Wildman–Crippen MR) is 136 cm³/mol. The Morgan fingerprint density at radius 3 is 2.68 bits per heavy atom. The lowest BCUT2D eigenvalue weighted by Gasteiger charge is -2.37. The van der Waals surface area contributed by atoms with Crippen LogP contribution in [-0.2, 0) is 16.0 Å². The molecule has 194 valence electrons. The topological polar surface area (TPSA) is 59.1 Å². The molecule has 0 N–H and O–H groups in total. The molecule has 2 aromatic carbocycles. The molecule has 1 fully saturated rings. The predicted octanol–water partition coefficient (Wildman–Crippen LogP) is 4.85. The fourth-order valence-electron chi connectivity index (χ4n) is 4.89. The monoisotopic (exact) mass is 526 g/mol. The summed E-state index contributed by atoms with van der Waals surface area (Å²) in [4.78, 5) is 31.4. The molecule has 2 aliphatic heterocycles. The minimum absolute atomic E-state index is 0.0664. The first-order valence-electron chi connectivity index (χ1n) is 12.4. The molecule has 37 heavy (non-hydrogen) atoms. The second-order valence-corrected chi connectivity index (χ2v) is 10.2. The normalized spacial score (nSPS) is 18.9. The number of nitrogens with zero attached hydrogens (tertiary/aromatic N) is 2. The maximum Gasteiger partial charge on any atom is 0.257 e.